The maximum atomic E-state index is 12.8. The zero-order valence-electron chi connectivity index (χ0n) is 16.9. The van der Waals surface area contributed by atoms with Gasteiger partial charge in [-0.1, -0.05) is 12.1 Å². The van der Waals surface area contributed by atoms with Gasteiger partial charge in [-0.05, 0) is 43.2 Å². The fourth-order valence-electron chi connectivity index (χ4n) is 3.46. The number of aryl methyl sites for hydroxylation is 1. The Morgan fingerprint density at radius 2 is 2.16 bits per heavy atom. The Labute approximate surface area is 182 Å². The maximum Gasteiger partial charge on any atom is 0.227 e. The quantitative estimate of drug-likeness (QED) is 0.486. The van der Waals surface area contributed by atoms with Gasteiger partial charge in [0.05, 0.1) is 35.6 Å². The molecule has 1 aromatic heterocycles. The predicted molar refractivity (Wildman–Crippen MR) is 116 cm³/mol. The molecule has 2 aromatic carbocycles. The number of imidazole rings is 1. The number of ether oxygens (including phenoxy) is 1. The van der Waals surface area contributed by atoms with Crippen molar-refractivity contribution in [3.8, 4) is 17.2 Å². The number of anilines is 1. The molecular weight excluding hydrogens is 418 g/mol. The van der Waals surface area contributed by atoms with E-state index in [4.69, 9.17) is 4.74 Å². The van der Waals surface area contributed by atoms with E-state index in [1.165, 1.54) is 0 Å². The number of aliphatic hydroxyl groups is 1. The first-order valence-corrected chi connectivity index (χ1v) is 11.2. The molecule has 1 aliphatic rings. The summed E-state index contributed by atoms with van der Waals surface area (Å²) < 4.78 is 20.2. The van der Waals surface area contributed by atoms with Crippen LogP contribution in [-0.2, 0) is 15.6 Å². The van der Waals surface area contributed by atoms with Gasteiger partial charge in [-0.15, -0.1) is 0 Å². The second-order valence-corrected chi connectivity index (χ2v) is 8.76. The van der Waals surface area contributed by atoms with Crippen LogP contribution in [0.3, 0.4) is 0 Å². The third-order valence-corrected chi connectivity index (χ3v) is 6.43. The number of hydrogen-bond donors (Lipinski definition) is 3. The van der Waals surface area contributed by atoms with Crippen molar-refractivity contribution < 1.29 is 24.0 Å². The number of phenols is 1. The van der Waals surface area contributed by atoms with Crippen LogP contribution in [-0.4, -0.2) is 42.2 Å². The Hall–Kier alpha value is -3.17. The minimum atomic E-state index is -1.38. The number of benzene rings is 2. The van der Waals surface area contributed by atoms with E-state index in [0.717, 1.165) is 5.56 Å². The second kappa shape index (κ2) is 8.91. The molecule has 8 nitrogen and oxygen atoms in total. The number of rotatable bonds is 7. The number of carbonyl (C=O) groups is 1. The predicted octanol–water partition coefficient (Wildman–Crippen LogP) is 2.84. The molecule has 0 saturated heterocycles. The van der Waals surface area contributed by atoms with Gasteiger partial charge < -0.3 is 20.3 Å². The summed E-state index contributed by atoms with van der Waals surface area (Å²) in [6.45, 7) is 2.14. The lowest BCUT2D eigenvalue weighted by Crippen LogP contribution is -2.22. The van der Waals surface area contributed by atoms with E-state index in [0.29, 0.717) is 46.6 Å². The molecule has 2 unspecified atom stereocenters. The normalized spacial score (nSPS) is 16.5. The minimum absolute atomic E-state index is 0.0264. The highest BCUT2D eigenvalue weighted by Gasteiger charge is 2.23. The molecule has 0 spiro atoms. The van der Waals surface area contributed by atoms with Crippen LogP contribution < -0.4 is 10.1 Å². The fourth-order valence-corrected chi connectivity index (χ4v) is 4.58. The summed E-state index contributed by atoms with van der Waals surface area (Å²) >= 11 is 0. The number of aromatic nitrogens is 2. The number of aromatic hydroxyl groups is 1. The fraction of sp³-hybridized carbons (Fsp3) is 0.273. The molecular formula is C22H23N3O5S. The Kier molecular flexibility index (Phi) is 6.06. The maximum absolute atomic E-state index is 12.8. The zero-order chi connectivity index (χ0) is 22.0. The number of carbonyl (C=O) groups excluding carboxylic acids is 1. The van der Waals surface area contributed by atoms with Crippen LogP contribution in [0, 0.1) is 6.92 Å². The highest BCUT2D eigenvalue weighted by atomic mass is 32.2. The molecule has 1 aliphatic heterocycles. The largest absolute Gasteiger partial charge is 0.505 e. The number of nitrogens with one attached hydrogen (secondary N) is 1. The number of aliphatic hydroxyl groups excluding tert-OH is 1. The van der Waals surface area contributed by atoms with Crippen molar-refractivity contribution in [3.63, 3.8) is 0 Å². The molecule has 4 rings (SSSR count). The van der Waals surface area contributed by atoms with Crippen molar-refractivity contribution in [1.29, 1.82) is 0 Å². The van der Waals surface area contributed by atoms with Gasteiger partial charge in [-0.25, -0.2) is 4.98 Å². The van der Waals surface area contributed by atoms with Crippen molar-refractivity contribution in [2.45, 2.75) is 31.0 Å². The number of fused-ring (bicyclic) bond motifs is 1. The molecule has 1 amide bonds. The molecule has 0 fully saturated rings. The number of hydrogen-bond acceptors (Lipinski definition) is 6. The first-order valence-electron chi connectivity index (χ1n) is 9.89. The lowest BCUT2D eigenvalue weighted by Gasteiger charge is -2.22. The third kappa shape index (κ3) is 4.47. The van der Waals surface area contributed by atoms with Crippen LogP contribution >= 0.6 is 0 Å². The highest BCUT2D eigenvalue weighted by Crippen LogP contribution is 2.33. The summed E-state index contributed by atoms with van der Waals surface area (Å²) in [5.41, 5.74) is 2.48. The van der Waals surface area contributed by atoms with Gasteiger partial charge >= 0.3 is 0 Å². The van der Waals surface area contributed by atoms with E-state index in [-0.39, 0.29) is 18.1 Å². The second-order valence-electron chi connectivity index (χ2n) is 7.29. The Morgan fingerprint density at radius 3 is 3.00 bits per heavy atom. The highest BCUT2D eigenvalue weighted by molar-refractivity contribution is 7.84. The van der Waals surface area contributed by atoms with Crippen molar-refractivity contribution in [1.82, 2.24) is 9.55 Å². The monoisotopic (exact) mass is 441 g/mol. The molecule has 0 bridgehead atoms. The van der Waals surface area contributed by atoms with Gasteiger partial charge in [0.1, 0.15) is 11.5 Å². The van der Waals surface area contributed by atoms with Crippen molar-refractivity contribution >= 4 is 22.4 Å². The third-order valence-electron chi connectivity index (χ3n) is 5.06. The molecule has 2 heterocycles. The van der Waals surface area contributed by atoms with Crippen molar-refractivity contribution in [2.24, 2.45) is 0 Å². The number of nitrogens with zero attached hydrogens (tertiary/aromatic N) is 2. The molecule has 2 atom stereocenters. The molecule has 0 saturated carbocycles. The summed E-state index contributed by atoms with van der Waals surface area (Å²) in [5.74, 6) is 0.833. The van der Waals surface area contributed by atoms with E-state index in [1.54, 1.807) is 54.2 Å². The van der Waals surface area contributed by atoms with Gasteiger partial charge in [0.2, 0.25) is 11.1 Å². The van der Waals surface area contributed by atoms with Crippen LogP contribution in [0.4, 0.5) is 5.69 Å². The van der Waals surface area contributed by atoms with Crippen LogP contribution in [0.25, 0.3) is 5.69 Å². The Balaban J connectivity index is 1.36. The van der Waals surface area contributed by atoms with E-state index < -0.39 is 16.9 Å². The number of amides is 1. The molecule has 9 heteroatoms. The molecule has 162 valence electrons. The molecule has 0 radical (unpaired) electrons. The van der Waals surface area contributed by atoms with Gasteiger partial charge in [-0.2, -0.15) is 0 Å². The number of para-hydroxylation sites is 1. The molecule has 0 aliphatic carbocycles. The average molecular weight is 442 g/mol. The summed E-state index contributed by atoms with van der Waals surface area (Å²) in [4.78, 5) is 15.7. The van der Waals surface area contributed by atoms with E-state index in [1.807, 2.05) is 6.07 Å². The summed E-state index contributed by atoms with van der Waals surface area (Å²) in [5, 5.41) is 23.5. The minimum Gasteiger partial charge on any atom is -0.505 e. The van der Waals surface area contributed by atoms with Gasteiger partial charge in [0.15, 0.2) is 0 Å². The molecule has 31 heavy (non-hydrogen) atoms. The molecule has 3 N–H and O–H groups in total. The van der Waals surface area contributed by atoms with Crippen LogP contribution in [0.1, 0.15) is 30.1 Å². The molecule has 3 aromatic rings. The lowest BCUT2D eigenvalue weighted by molar-refractivity contribution is -0.118. The average Bonchev–Trinajstić information content (AvgIpc) is 3.23. The Bertz CT molecular complexity index is 1140. The van der Waals surface area contributed by atoms with Crippen LogP contribution in [0.15, 0.2) is 53.9 Å². The first-order chi connectivity index (χ1) is 14.9. The smallest absolute Gasteiger partial charge is 0.227 e. The summed E-state index contributed by atoms with van der Waals surface area (Å²) in [6, 6.07) is 10.5. The van der Waals surface area contributed by atoms with Crippen LogP contribution in [0.2, 0.25) is 0 Å². The topological polar surface area (TPSA) is 114 Å². The first kappa shape index (κ1) is 21.1. The van der Waals surface area contributed by atoms with E-state index >= 15 is 0 Å². The standard InChI is InChI=1S/C22H23N3O5S/c1-14-4-2-5-18(21(14)28)25-9-8-23-22(25)31(29)11-3-10-30-15-6-7-17-16(12-15)19(26)13-20(27)24-17/h2,4-9,12,19,26,28H,3,10-11,13H2,1H3,(H,24,27). The zero-order valence-corrected chi connectivity index (χ0v) is 17.8. The van der Waals surface area contributed by atoms with Gasteiger partial charge in [0, 0.05) is 29.4 Å². The number of phenolic OH excluding ortho intramolecular Hbond substituents is 1. The van der Waals surface area contributed by atoms with Crippen molar-refractivity contribution in [3.05, 3.63) is 59.9 Å². The summed E-state index contributed by atoms with van der Waals surface area (Å²) in [7, 11) is -1.38. The van der Waals surface area contributed by atoms with Crippen LogP contribution in [0.5, 0.6) is 11.5 Å². The van der Waals surface area contributed by atoms with E-state index in [9.17, 15) is 19.2 Å². The summed E-state index contributed by atoms with van der Waals surface area (Å²) in [6.07, 6.45) is 2.93. The van der Waals surface area contributed by atoms with Gasteiger partial charge in [0.25, 0.3) is 0 Å². The Morgan fingerprint density at radius 1 is 1.32 bits per heavy atom. The lowest BCUT2D eigenvalue weighted by atomic mass is 10.00. The van der Waals surface area contributed by atoms with E-state index in [2.05, 4.69) is 10.3 Å². The SMILES string of the molecule is Cc1cccc(-n2ccnc2S(=O)CCCOc2ccc3c(c2)C(O)CC(=O)N3)c1O. The van der Waals surface area contributed by atoms with Crippen molar-refractivity contribution in [2.75, 3.05) is 17.7 Å². The van der Waals surface area contributed by atoms with Gasteiger partial charge in [-0.3, -0.25) is 13.6 Å².